The summed E-state index contributed by atoms with van der Waals surface area (Å²) in [6, 6.07) is 10.1. The summed E-state index contributed by atoms with van der Waals surface area (Å²) in [6.07, 6.45) is 1.26. The summed E-state index contributed by atoms with van der Waals surface area (Å²) in [5, 5.41) is 13.6. The average molecular weight is 449 g/mol. The highest BCUT2D eigenvalue weighted by Gasteiger charge is 2.28. The number of nitro groups is 1. The molecule has 1 aliphatic heterocycles. The molecule has 3 rings (SSSR count). The molecule has 0 radical (unpaired) electrons. The van der Waals surface area contributed by atoms with Crippen LogP contribution in [0, 0.1) is 10.1 Å². The molecule has 2 aromatic rings. The number of hydrogen-bond acceptors (Lipinski definition) is 8. The van der Waals surface area contributed by atoms with Crippen LogP contribution >= 0.6 is 11.8 Å². The molecule has 1 saturated heterocycles. The van der Waals surface area contributed by atoms with Crippen molar-refractivity contribution in [3.8, 4) is 11.5 Å². The lowest BCUT2D eigenvalue weighted by Gasteiger charge is -2.08. The molecule has 1 N–H and O–H groups in total. The van der Waals surface area contributed by atoms with E-state index in [9.17, 15) is 23.3 Å². The van der Waals surface area contributed by atoms with Crippen LogP contribution in [-0.4, -0.2) is 38.6 Å². The first-order valence-corrected chi connectivity index (χ1v) is 10.5. The molecule has 12 heteroatoms. The van der Waals surface area contributed by atoms with Gasteiger partial charge in [-0.05, 0) is 36.0 Å². The first-order valence-electron chi connectivity index (χ1n) is 8.26. The molecule has 0 aromatic heterocycles. The van der Waals surface area contributed by atoms with Gasteiger partial charge in [-0.15, -0.1) is 4.40 Å². The van der Waals surface area contributed by atoms with Crippen LogP contribution in [0.2, 0.25) is 0 Å². The Labute approximate surface area is 175 Å². The predicted octanol–water partition coefficient (Wildman–Crippen LogP) is 2.56. The van der Waals surface area contributed by atoms with E-state index in [2.05, 4.69) is 9.71 Å². The van der Waals surface area contributed by atoms with Crippen LogP contribution < -0.4 is 14.8 Å². The summed E-state index contributed by atoms with van der Waals surface area (Å²) in [4.78, 5) is 23.1. The van der Waals surface area contributed by atoms with E-state index < -0.39 is 20.9 Å². The third-order valence-electron chi connectivity index (χ3n) is 3.91. The fourth-order valence-electron chi connectivity index (χ4n) is 2.52. The number of nitrogens with zero attached hydrogens (tertiary/aromatic N) is 2. The Bertz CT molecular complexity index is 1180. The molecule has 0 unspecified atom stereocenters. The molecule has 1 aliphatic rings. The topological polar surface area (TPSA) is 137 Å². The van der Waals surface area contributed by atoms with Crippen LogP contribution in [0.4, 0.5) is 5.69 Å². The fourth-order valence-corrected chi connectivity index (χ4v) is 4.52. The highest BCUT2D eigenvalue weighted by atomic mass is 32.2. The highest BCUT2D eigenvalue weighted by Crippen LogP contribution is 2.37. The molecular formula is C18H15N3O7S2. The number of methoxy groups -OCH3 is 2. The van der Waals surface area contributed by atoms with Crippen molar-refractivity contribution in [1.29, 1.82) is 0 Å². The summed E-state index contributed by atoms with van der Waals surface area (Å²) >= 11 is 0.756. The zero-order chi connectivity index (χ0) is 21.9. The predicted molar refractivity (Wildman–Crippen MR) is 111 cm³/mol. The van der Waals surface area contributed by atoms with Gasteiger partial charge in [0.1, 0.15) is 0 Å². The maximum Gasteiger partial charge on any atom is 0.284 e. The maximum atomic E-state index is 12.4. The Morgan fingerprint density at radius 2 is 1.77 bits per heavy atom. The average Bonchev–Trinajstić information content (AvgIpc) is 3.05. The van der Waals surface area contributed by atoms with Crippen molar-refractivity contribution >= 4 is 44.6 Å². The smallest absolute Gasteiger partial charge is 0.284 e. The lowest BCUT2D eigenvalue weighted by Crippen LogP contribution is -2.20. The first-order chi connectivity index (χ1) is 14.2. The number of amidine groups is 1. The van der Waals surface area contributed by atoms with Crippen LogP contribution in [0.25, 0.3) is 6.08 Å². The fraction of sp³-hybridized carbons (Fsp3) is 0.111. The van der Waals surface area contributed by atoms with Crippen molar-refractivity contribution in [2.24, 2.45) is 4.40 Å². The number of nitrogens with one attached hydrogen (secondary N) is 1. The Morgan fingerprint density at radius 1 is 1.13 bits per heavy atom. The molecule has 0 spiro atoms. The number of amides is 1. The van der Waals surface area contributed by atoms with Crippen LogP contribution in [-0.2, 0) is 14.8 Å². The minimum atomic E-state index is -4.02. The van der Waals surface area contributed by atoms with Gasteiger partial charge in [0, 0.05) is 0 Å². The van der Waals surface area contributed by atoms with E-state index in [0.717, 1.165) is 11.8 Å². The lowest BCUT2D eigenvalue weighted by molar-refractivity contribution is -0.385. The highest BCUT2D eigenvalue weighted by molar-refractivity contribution is 8.19. The van der Waals surface area contributed by atoms with E-state index >= 15 is 0 Å². The Morgan fingerprint density at radius 3 is 2.37 bits per heavy atom. The van der Waals surface area contributed by atoms with Gasteiger partial charge in [0.05, 0.1) is 40.6 Å². The minimum absolute atomic E-state index is 0.0275. The second-order valence-corrected chi connectivity index (χ2v) is 8.41. The van der Waals surface area contributed by atoms with Crippen molar-refractivity contribution in [3.05, 3.63) is 63.0 Å². The zero-order valence-electron chi connectivity index (χ0n) is 15.7. The van der Waals surface area contributed by atoms with Gasteiger partial charge in [-0.1, -0.05) is 18.2 Å². The van der Waals surface area contributed by atoms with Crippen molar-refractivity contribution in [1.82, 2.24) is 5.32 Å². The van der Waals surface area contributed by atoms with Crippen LogP contribution in [0.3, 0.4) is 0 Å². The molecule has 0 saturated carbocycles. The molecule has 0 aliphatic carbocycles. The second-order valence-electron chi connectivity index (χ2n) is 5.77. The van der Waals surface area contributed by atoms with Crippen molar-refractivity contribution in [2.75, 3.05) is 14.2 Å². The summed E-state index contributed by atoms with van der Waals surface area (Å²) < 4.78 is 38.6. The SMILES string of the molecule is COc1cc(C=C2S/C(=N/S(=O)(=O)c3ccccc3)NC2=O)c([N+](=O)[O-])cc1OC. The van der Waals surface area contributed by atoms with E-state index in [1.165, 1.54) is 44.6 Å². The number of thioether (sulfide) groups is 1. The van der Waals surface area contributed by atoms with Crippen LogP contribution in [0.1, 0.15) is 5.56 Å². The van der Waals surface area contributed by atoms with Gasteiger partial charge in [0.2, 0.25) is 0 Å². The molecule has 2 aromatic carbocycles. The Kier molecular flexibility index (Phi) is 6.08. The van der Waals surface area contributed by atoms with Crippen LogP contribution in [0.15, 0.2) is 56.7 Å². The van der Waals surface area contributed by atoms with Crippen LogP contribution in [0.5, 0.6) is 11.5 Å². The number of ether oxygens (including phenoxy) is 2. The number of benzene rings is 2. The van der Waals surface area contributed by atoms with Gasteiger partial charge in [-0.2, -0.15) is 8.42 Å². The van der Waals surface area contributed by atoms with E-state index in [0.29, 0.717) is 0 Å². The summed E-state index contributed by atoms with van der Waals surface area (Å²) in [7, 11) is -1.31. The number of carbonyl (C=O) groups is 1. The van der Waals surface area contributed by atoms with Gasteiger partial charge in [0.25, 0.3) is 21.6 Å². The third-order valence-corrected chi connectivity index (χ3v) is 6.23. The van der Waals surface area contributed by atoms with Gasteiger partial charge in [-0.25, -0.2) is 0 Å². The van der Waals surface area contributed by atoms with E-state index in [1.54, 1.807) is 18.2 Å². The number of rotatable bonds is 6. The molecule has 156 valence electrons. The Balaban J connectivity index is 1.98. The molecule has 1 fully saturated rings. The van der Waals surface area contributed by atoms with Gasteiger partial charge in [-0.3, -0.25) is 20.2 Å². The van der Waals surface area contributed by atoms with Crippen molar-refractivity contribution < 1.29 is 27.6 Å². The van der Waals surface area contributed by atoms with Gasteiger partial charge < -0.3 is 9.47 Å². The standard InChI is InChI=1S/C18H15N3O7S2/c1-27-14-8-11(13(21(23)24)10-15(14)28-2)9-16-17(22)19-18(29-16)20-30(25,26)12-6-4-3-5-7-12/h3-10H,1-2H3,(H,19,20,22). The van der Waals surface area contributed by atoms with Crippen molar-refractivity contribution in [2.45, 2.75) is 4.90 Å². The zero-order valence-corrected chi connectivity index (χ0v) is 17.3. The molecule has 0 bridgehead atoms. The first kappa shape index (κ1) is 21.3. The summed E-state index contributed by atoms with van der Waals surface area (Å²) in [5.41, 5.74) is -0.224. The summed E-state index contributed by atoms with van der Waals surface area (Å²) in [5.74, 6) is -0.240. The van der Waals surface area contributed by atoms with Gasteiger partial charge >= 0.3 is 0 Å². The molecule has 1 amide bonds. The third kappa shape index (κ3) is 4.44. The molecule has 10 nitrogen and oxygen atoms in total. The second kappa shape index (κ2) is 8.55. The molecule has 30 heavy (non-hydrogen) atoms. The number of nitro benzene ring substituents is 1. The molecular weight excluding hydrogens is 434 g/mol. The maximum absolute atomic E-state index is 12.4. The molecule has 0 atom stereocenters. The lowest BCUT2D eigenvalue weighted by atomic mass is 10.1. The number of carbonyl (C=O) groups excluding carboxylic acids is 1. The van der Waals surface area contributed by atoms with E-state index in [1.807, 2.05) is 0 Å². The summed E-state index contributed by atoms with van der Waals surface area (Å²) in [6.45, 7) is 0. The normalized spacial score (nSPS) is 16.5. The monoisotopic (exact) mass is 449 g/mol. The minimum Gasteiger partial charge on any atom is -0.493 e. The largest absolute Gasteiger partial charge is 0.493 e. The van der Waals surface area contributed by atoms with E-state index in [4.69, 9.17) is 9.47 Å². The quantitative estimate of drug-likeness (QED) is 0.403. The number of hydrogen-bond donors (Lipinski definition) is 1. The van der Waals surface area contributed by atoms with Gasteiger partial charge in [0.15, 0.2) is 16.7 Å². The van der Waals surface area contributed by atoms with Crippen molar-refractivity contribution in [3.63, 3.8) is 0 Å². The number of sulfonamides is 1. The van der Waals surface area contributed by atoms with E-state index in [-0.39, 0.29) is 37.7 Å². The molecule has 1 heterocycles. The Hall–Kier alpha value is -3.38.